The highest BCUT2D eigenvalue weighted by atomic mass is 16.5. The van der Waals surface area contributed by atoms with Crippen molar-refractivity contribution in [3.05, 3.63) is 67.1 Å². The molecule has 2 fully saturated rings. The van der Waals surface area contributed by atoms with Crippen LogP contribution in [0.3, 0.4) is 0 Å². The number of rotatable bonds is 5. The molecule has 8 heteroatoms. The summed E-state index contributed by atoms with van der Waals surface area (Å²) in [5.74, 6) is 2.29. The zero-order valence-electron chi connectivity index (χ0n) is 20.1. The molecule has 1 saturated heterocycles. The summed E-state index contributed by atoms with van der Waals surface area (Å²) < 4.78 is 8.23. The van der Waals surface area contributed by atoms with Gasteiger partial charge in [-0.15, -0.1) is 0 Å². The highest BCUT2D eigenvalue weighted by molar-refractivity contribution is 6.00. The lowest BCUT2D eigenvalue weighted by atomic mass is 9.89. The number of fused-ring (bicyclic) bond motifs is 1. The van der Waals surface area contributed by atoms with E-state index in [1.807, 2.05) is 42.5 Å². The number of carbonyl (C=O) groups excluding carboxylic acids is 1. The van der Waals surface area contributed by atoms with E-state index in [1.54, 1.807) is 6.33 Å². The minimum Gasteiger partial charge on any atom is -0.457 e. The highest BCUT2D eigenvalue weighted by Gasteiger charge is 2.31. The van der Waals surface area contributed by atoms with Crippen LogP contribution in [0.25, 0.3) is 22.2 Å². The summed E-state index contributed by atoms with van der Waals surface area (Å²) in [6.07, 6.45) is 7.70. The van der Waals surface area contributed by atoms with Gasteiger partial charge in [0.25, 0.3) is 0 Å². The molecule has 1 saturated carbocycles. The fourth-order valence-electron chi connectivity index (χ4n) is 5.59. The summed E-state index contributed by atoms with van der Waals surface area (Å²) >= 11 is 0. The molecule has 184 valence electrons. The van der Waals surface area contributed by atoms with Crippen molar-refractivity contribution in [2.45, 2.75) is 37.8 Å². The van der Waals surface area contributed by atoms with Crippen LogP contribution in [-0.2, 0) is 4.79 Å². The van der Waals surface area contributed by atoms with Gasteiger partial charge in [0.05, 0.1) is 11.9 Å². The van der Waals surface area contributed by atoms with Crippen LogP contribution in [-0.4, -0.2) is 51.0 Å². The molecule has 4 aromatic rings. The Morgan fingerprint density at radius 2 is 1.64 bits per heavy atom. The fourth-order valence-corrected chi connectivity index (χ4v) is 5.59. The maximum atomic E-state index is 12.4. The molecule has 6 rings (SSSR count). The number of aromatic nitrogens is 3. The molecule has 1 aliphatic heterocycles. The zero-order chi connectivity index (χ0) is 24.5. The molecule has 0 unspecified atom stereocenters. The minimum atomic E-state index is 0.221. The number of nitrogen functional groups attached to an aromatic ring is 1. The quantitative estimate of drug-likeness (QED) is 0.438. The lowest BCUT2D eigenvalue weighted by molar-refractivity contribution is -0.135. The Bertz CT molecular complexity index is 1360. The maximum Gasteiger partial charge on any atom is 0.236 e. The Balaban J connectivity index is 1.26. The number of para-hydroxylation sites is 1. The Labute approximate surface area is 210 Å². The van der Waals surface area contributed by atoms with Gasteiger partial charge < -0.3 is 25.3 Å². The summed E-state index contributed by atoms with van der Waals surface area (Å²) in [7, 11) is 0. The average molecular weight is 483 g/mol. The number of hydrogen-bond donors (Lipinski definition) is 2. The molecule has 3 heterocycles. The van der Waals surface area contributed by atoms with E-state index < -0.39 is 0 Å². The van der Waals surface area contributed by atoms with Crippen LogP contribution in [0.5, 0.6) is 11.5 Å². The van der Waals surface area contributed by atoms with E-state index in [0.717, 1.165) is 72.4 Å². The Hall–Kier alpha value is -3.91. The van der Waals surface area contributed by atoms with Gasteiger partial charge >= 0.3 is 0 Å². The Kier molecular flexibility index (Phi) is 6.03. The van der Waals surface area contributed by atoms with E-state index in [1.165, 1.54) is 0 Å². The third-order valence-corrected chi connectivity index (χ3v) is 7.41. The van der Waals surface area contributed by atoms with Crippen LogP contribution in [0.4, 0.5) is 5.82 Å². The lowest BCUT2D eigenvalue weighted by Gasteiger charge is -2.39. The van der Waals surface area contributed by atoms with Crippen LogP contribution < -0.4 is 15.8 Å². The average Bonchev–Trinajstić information content (AvgIpc) is 3.31. The van der Waals surface area contributed by atoms with Crippen molar-refractivity contribution in [1.82, 2.24) is 24.8 Å². The van der Waals surface area contributed by atoms with Crippen molar-refractivity contribution < 1.29 is 9.53 Å². The fraction of sp³-hybridized carbons (Fsp3) is 0.321. The van der Waals surface area contributed by atoms with Gasteiger partial charge in [0.1, 0.15) is 29.3 Å². The summed E-state index contributed by atoms with van der Waals surface area (Å²) in [6.45, 7) is 2.14. The molecule has 2 aliphatic rings. The van der Waals surface area contributed by atoms with Crippen molar-refractivity contribution in [3.8, 4) is 22.6 Å². The number of amides is 1. The molecule has 0 spiro atoms. The normalized spacial score (nSPS) is 20.6. The second-order valence-corrected chi connectivity index (χ2v) is 9.57. The van der Waals surface area contributed by atoms with Crippen LogP contribution in [0, 0.1) is 0 Å². The summed E-state index contributed by atoms with van der Waals surface area (Å²) in [5, 5.41) is 4.05. The van der Waals surface area contributed by atoms with Gasteiger partial charge in [-0.2, -0.15) is 0 Å². The van der Waals surface area contributed by atoms with Gasteiger partial charge in [0.2, 0.25) is 5.91 Å². The molecular formula is C28H30N6O2. The third-order valence-electron chi connectivity index (χ3n) is 7.41. The number of hydrogen-bond acceptors (Lipinski definition) is 6. The number of nitrogens with zero attached hydrogens (tertiary/aromatic N) is 4. The van der Waals surface area contributed by atoms with Crippen LogP contribution in [0.2, 0.25) is 0 Å². The van der Waals surface area contributed by atoms with Gasteiger partial charge in [-0.25, -0.2) is 9.97 Å². The molecule has 1 amide bonds. The summed E-state index contributed by atoms with van der Waals surface area (Å²) in [4.78, 5) is 23.4. The SMILES string of the molecule is Nc1ncnc2c1c(-c1ccc(Oc3ccccc3)cc1)cn2[C@H]1CC[C@@H](N2CCNCC2=O)CC1. The van der Waals surface area contributed by atoms with E-state index >= 15 is 0 Å². The number of piperazine rings is 1. The molecule has 2 aromatic carbocycles. The van der Waals surface area contributed by atoms with Crippen molar-refractivity contribution in [3.63, 3.8) is 0 Å². The molecule has 0 bridgehead atoms. The Morgan fingerprint density at radius 3 is 2.39 bits per heavy atom. The number of nitrogens with one attached hydrogen (secondary N) is 1. The van der Waals surface area contributed by atoms with E-state index in [-0.39, 0.29) is 5.91 Å². The second-order valence-electron chi connectivity index (χ2n) is 9.57. The topological polar surface area (TPSA) is 98.3 Å². The molecule has 1 aliphatic carbocycles. The van der Waals surface area contributed by atoms with Crippen molar-refractivity contribution in [2.75, 3.05) is 25.4 Å². The smallest absolute Gasteiger partial charge is 0.236 e. The minimum absolute atomic E-state index is 0.221. The molecular weight excluding hydrogens is 452 g/mol. The molecule has 8 nitrogen and oxygen atoms in total. The molecule has 3 N–H and O–H groups in total. The number of anilines is 1. The zero-order valence-corrected chi connectivity index (χ0v) is 20.1. The predicted molar refractivity (Wildman–Crippen MR) is 140 cm³/mol. The standard InChI is InChI=1S/C28H30N6O2/c29-27-26-24(19-6-12-23(13-7-19)36-22-4-2-1-3-5-22)17-34(28(26)32-18-31-27)21-10-8-20(9-11-21)33-15-14-30-16-25(33)35/h1-7,12-13,17-18,20-21,30H,8-11,14-16H2,(H2,29,31,32)/t20-,21+. The molecule has 2 aromatic heterocycles. The van der Waals surface area contributed by atoms with Gasteiger partial charge in [0, 0.05) is 36.9 Å². The summed E-state index contributed by atoms with van der Waals surface area (Å²) in [5.41, 5.74) is 9.29. The van der Waals surface area contributed by atoms with Crippen molar-refractivity contribution >= 4 is 22.8 Å². The molecule has 0 radical (unpaired) electrons. The van der Waals surface area contributed by atoms with E-state index in [9.17, 15) is 4.79 Å². The van der Waals surface area contributed by atoms with E-state index in [2.05, 4.69) is 43.1 Å². The first-order chi connectivity index (χ1) is 17.7. The van der Waals surface area contributed by atoms with Gasteiger partial charge in [0.15, 0.2) is 0 Å². The highest BCUT2D eigenvalue weighted by Crippen LogP contribution is 2.39. The molecule has 36 heavy (non-hydrogen) atoms. The second kappa shape index (κ2) is 9.62. The van der Waals surface area contributed by atoms with Gasteiger partial charge in [-0.1, -0.05) is 30.3 Å². The predicted octanol–water partition coefficient (Wildman–Crippen LogP) is 4.39. The summed E-state index contributed by atoms with van der Waals surface area (Å²) in [6, 6.07) is 18.4. The van der Waals surface area contributed by atoms with E-state index in [4.69, 9.17) is 10.5 Å². The van der Waals surface area contributed by atoms with Crippen LogP contribution in [0.15, 0.2) is 67.1 Å². The number of carbonyl (C=O) groups is 1. The van der Waals surface area contributed by atoms with Crippen molar-refractivity contribution in [2.24, 2.45) is 0 Å². The van der Waals surface area contributed by atoms with Gasteiger partial charge in [-0.3, -0.25) is 4.79 Å². The number of benzene rings is 2. The maximum absolute atomic E-state index is 12.4. The van der Waals surface area contributed by atoms with Crippen LogP contribution >= 0.6 is 0 Å². The first-order valence-electron chi connectivity index (χ1n) is 12.6. The van der Waals surface area contributed by atoms with E-state index in [0.29, 0.717) is 24.4 Å². The first kappa shape index (κ1) is 22.5. The lowest BCUT2D eigenvalue weighted by Crippen LogP contribution is -2.53. The molecule has 0 atom stereocenters. The van der Waals surface area contributed by atoms with Gasteiger partial charge in [-0.05, 0) is 55.5 Å². The number of nitrogens with two attached hydrogens (primary N) is 1. The van der Waals surface area contributed by atoms with Crippen LogP contribution in [0.1, 0.15) is 31.7 Å². The van der Waals surface area contributed by atoms with Crippen molar-refractivity contribution in [1.29, 1.82) is 0 Å². The Morgan fingerprint density at radius 1 is 0.917 bits per heavy atom. The third kappa shape index (κ3) is 4.28. The monoisotopic (exact) mass is 482 g/mol. The first-order valence-corrected chi connectivity index (χ1v) is 12.6. The number of ether oxygens (including phenoxy) is 1. The largest absolute Gasteiger partial charge is 0.457 e.